The molecule has 0 aromatic heterocycles. The molecule has 0 radical (unpaired) electrons. The summed E-state index contributed by atoms with van der Waals surface area (Å²) in [4.78, 5) is 38.1. The maximum atomic E-state index is 12.5. The third-order valence-electron chi connectivity index (χ3n) is 4.24. The maximum absolute atomic E-state index is 12.5. The molecule has 116 valence electrons. The zero-order valence-corrected chi connectivity index (χ0v) is 12.3. The average Bonchev–Trinajstić information content (AvgIpc) is 3.34. The number of carbonyl (C=O) groups is 2. The highest BCUT2D eigenvalue weighted by Gasteiger charge is 2.40. The fraction of sp³-hybridized carbons (Fsp3) is 0.467. The Morgan fingerprint density at radius 3 is 2.41 bits per heavy atom. The molecule has 3 rings (SSSR count). The lowest BCUT2D eigenvalue weighted by Gasteiger charge is -2.39. The van der Waals surface area contributed by atoms with Gasteiger partial charge in [-0.1, -0.05) is 0 Å². The van der Waals surface area contributed by atoms with Crippen LogP contribution in [0.1, 0.15) is 19.8 Å². The summed E-state index contributed by atoms with van der Waals surface area (Å²) in [6.07, 6.45) is 1.84. The molecule has 2 fully saturated rings. The zero-order valence-electron chi connectivity index (χ0n) is 12.3. The fourth-order valence-corrected chi connectivity index (χ4v) is 2.75. The van der Waals surface area contributed by atoms with Crippen molar-refractivity contribution in [2.75, 3.05) is 18.0 Å². The quantitative estimate of drug-likeness (QED) is 0.626. The summed E-state index contributed by atoms with van der Waals surface area (Å²) in [5.41, 5.74) is 0.618. The summed E-state index contributed by atoms with van der Waals surface area (Å²) >= 11 is 0. The van der Waals surface area contributed by atoms with Crippen LogP contribution in [0.2, 0.25) is 0 Å². The van der Waals surface area contributed by atoms with E-state index in [0.29, 0.717) is 18.8 Å². The van der Waals surface area contributed by atoms with E-state index >= 15 is 0 Å². The lowest BCUT2D eigenvalue weighted by atomic mass is 10.1. The van der Waals surface area contributed by atoms with Crippen molar-refractivity contribution in [3.63, 3.8) is 0 Å². The molecule has 2 amide bonds. The van der Waals surface area contributed by atoms with Gasteiger partial charge in [-0.3, -0.25) is 19.7 Å². The molecule has 1 aliphatic carbocycles. The molecule has 7 heteroatoms. The van der Waals surface area contributed by atoms with E-state index in [-0.39, 0.29) is 23.4 Å². The van der Waals surface area contributed by atoms with Crippen molar-refractivity contribution >= 4 is 23.2 Å². The Balaban J connectivity index is 1.75. The number of rotatable bonds is 3. The second-order valence-corrected chi connectivity index (χ2v) is 5.75. The molecule has 7 nitrogen and oxygen atoms in total. The van der Waals surface area contributed by atoms with E-state index in [2.05, 4.69) is 0 Å². The van der Waals surface area contributed by atoms with E-state index < -0.39 is 11.0 Å². The largest absolute Gasteiger partial charge is 0.329 e. The first-order valence-electron chi connectivity index (χ1n) is 7.35. The number of hydrogen-bond acceptors (Lipinski definition) is 4. The molecule has 0 N–H and O–H groups in total. The lowest BCUT2D eigenvalue weighted by Crippen LogP contribution is -2.58. The first-order valence-corrected chi connectivity index (χ1v) is 7.35. The smallest absolute Gasteiger partial charge is 0.269 e. The van der Waals surface area contributed by atoms with Crippen molar-refractivity contribution in [1.82, 2.24) is 4.90 Å². The van der Waals surface area contributed by atoms with Crippen LogP contribution in [0, 0.1) is 16.0 Å². The summed E-state index contributed by atoms with van der Waals surface area (Å²) < 4.78 is 0. The molecule has 1 aromatic rings. The van der Waals surface area contributed by atoms with E-state index in [9.17, 15) is 19.7 Å². The van der Waals surface area contributed by atoms with Crippen LogP contribution in [0.15, 0.2) is 24.3 Å². The third kappa shape index (κ3) is 2.54. The Kier molecular flexibility index (Phi) is 3.56. The first-order chi connectivity index (χ1) is 10.5. The number of anilines is 1. The predicted molar refractivity (Wildman–Crippen MR) is 79.3 cm³/mol. The monoisotopic (exact) mass is 303 g/mol. The topological polar surface area (TPSA) is 83.8 Å². The average molecular weight is 303 g/mol. The van der Waals surface area contributed by atoms with Gasteiger partial charge in [0.25, 0.3) is 5.69 Å². The van der Waals surface area contributed by atoms with Gasteiger partial charge in [-0.15, -0.1) is 0 Å². The van der Waals surface area contributed by atoms with Crippen LogP contribution in [0.25, 0.3) is 0 Å². The van der Waals surface area contributed by atoms with Gasteiger partial charge in [0.2, 0.25) is 11.8 Å². The summed E-state index contributed by atoms with van der Waals surface area (Å²) in [7, 11) is 0. The molecule has 1 saturated carbocycles. The van der Waals surface area contributed by atoms with Crippen LogP contribution in [0.4, 0.5) is 11.4 Å². The highest BCUT2D eigenvalue weighted by molar-refractivity contribution is 6.00. The molecule has 1 heterocycles. The van der Waals surface area contributed by atoms with Gasteiger partial charge in [0, 0.05) is 36.8 Å². The van der Waals surface area contributed by atoms with Crippen LogP contribution in [-0.2, 0) is 9.59 Å². The Morgan fingerprint density at radius 1 is 1.23 bits per heavy atom. The summed E-state index contributed by atoms with van der Waals surface area (Å²) in [6, 6.07) is 5.42. The van der Waals surface area contributed by atoms with Crippen molar-refractivity contribution in [3.05, 3.63) is 34.4 Å². The summed E-state index contributed by atoms with van der Waals surface area (Å²) in [6.45, 7) is 2.65. The van der Waals surface area contributed by atoms with Crippen molar-refractivity contribution < 1.29 is 14.5 Å². The zero-order chi connectivity index (χ0) is 15.9. The molecule has 1 saturated heterocycles. The van der Waals surface area contributed by atoms with Crippen molar-refractivity contribution in [2.24, 2.45) is 5.92 Å². The summed E-state index contributed by atoms with van der Waals surface area (Å²) in [5.74, 6) is 0.0273. The number of hydrogen-bond donors (Lipinski definition) is 0. The Morgan fingerprint density at radius 2 is 1.86 bits per heavy atom. The normalized spacial score (nSPS) is 21.9. The van der Waals surface area contributed by atoms with Crippen molar-refractivity contribution in [2.45, 2.75) is 25.8 Å². The number of benzene rings is 1. The number of nitrogens with zero attached hydrogens (tertiary/aromatic N) is 3. The molecule has 0 spiro atoms. The second kappa shape index (κ2) is 5.40. The molecule has 0 unspecified atom stereocenters. The van der Waals surface area contributed by atoms with Gasteiger partial charge in [0.05, 0.1) is 4.92 Å². The number of piperazine rings is 1. The molecule has 2 aliphatic rings. The summed E-state index contributed by atoms with van der Waals surface area (Å²) in [5, 5.41) is 10.7. The minimum atomic E-state index is -0.489. The van der Waals surface area contributed by atoms with Gasteiger partial charge in [-0.05, 0) is 31.9 Å². The van der Waals surface area contributed by atoms with Crippen LogP contribution in [0.5, 0.6) is 0 Å². The van der Waals surface area contributed by atoms with Crippen molar-refractivity contribution in [1.29, 1.82) is 0 Å². The second-order valence-electron chi connectivity index (χ2n) is 5.75. The van der Waals surface area contributed by atoms with Crippen LogP contribution in [0.3, 0.4) is 0 Å². The Hall–Kier alpha value is -2.44. The van der Waals surface area contributed by atoms with E-state index in [1.54, 1.807) is 28.9 Å². The molecule has 1 atom stereocenters. The predicted octanol–water partition coefficient (Wildman–Crippen LogP) is 1.57. The highest BCUT2D eigenvalue weighted by atomic mass is 16.6. The fourth-order valence-electron chi connectivity index (χ4n) is 2.75. The van der Waals surface area contributed by atoms with Gasteiger partial charge in [-0.25, -0.2) is 0 Å². The molecular weight excluding hydrogens is 286 g/mol. The van der Waals surface area contributed by atoms with Gasteiger partial charge in [-0.2, -0.15) is 0 Å². The minimum Gasteiger partial charge on any atom is -0.329 e. The molecule has 1 aliphatic heterocycles. The highest BCUT2D eigenvalue weighted by Crippen LogP contribution is 2.33. The van der Waals surface area contributed by atoms with Crippen LogP contribution >= 0.6 is 0 Å². The van der Waals surface area contributed by atoms with Gasteiger partial charge < -0.3 is 9.80 Å². The van der Waals surface area contributed by atoms with Gasteiger partial charge in [0.1, 0.15) is 6.04 Å². The maximum Gasteiger partial charge on any atom is 0.269 e. The molecule has 0 bridgehead atoms. The Labute approximate surface area is 127 Å². The minimum absolute atomic E-state index is 0.00760. The van der Waals surface area contributed by atoms with Crippen LogP contribution in [-0.4, -0.2) is 40.8 Å². The number of nitro groups is 1. The number of nitro benzene ring substituents is 1. The lowest BCUT2D eigenvalue weighted by molar-refractivity contribution is -0.384. The van der Waals surface area contributed by atoms with E-state index in [1.165, 1.54) is 12.1 Å². The SMILES string of the molecule is C[C@@H]1C(=O)N(c2ccc([N+](=O)[O-])cc2)CCN1C(=O)C1CC1. The van der Waals surface area contributed by atoms with E-state index in [1.807, 2.05) is 0 Å². The molecular formula is C15H17N3O4. The van der Waals surface area contributed by atoms with Gasteiger partial charge >= 0.3 is 0 Å². The van der Waals surface area contributed by atoms with E-state index in [4.69, 9.17) is 0 Å². The van der Waals surface area contributed by atoms with Crippen LogP contribution < -0.4 is 4.90 Å². The standard InChI is InChI=1S/C15H17N3O4/c1-10-14(19)17(9-8-16(10)15(20)11-2-3-11)12-4-6-13(7-5-12)18(21)22/h4-7,10-11H,2-3,8-9H2,1H3/t10-/m1/s1. The molecule has 1 aromatic carbocycles. The first kappa shape index (κ1) is 14.5. The van der Waals surface area contributed by atoms with E-state index in [0.717, 1.165) is 12.8 Å². The van der Waals surface area contributed by atoms with Gasteiger partial charge in [0.15, 0.2) is 0 Å². The van der Waals surface area contributed by atoms with Crippen molar-refractivity contribution in [3.8, 4) is 0 Å². The number of non-ortho nitro benzene ring substituents is 1. The third-order valence-corrected chi connectivity index (χ3v) is 4.24. The number of carbonyl (C=O) groups excluding carboxylic acids is 2. The number of amides is 2. The Bertz CT molecular complexity index is 624. The molecule has 22 heavy (non-hydrogen) atoms.